The van der Waals surface area contributed by atoms with Gasteiger partial charge in [-0.2, -0.15) is 0 Å². The van der Waals surface area contributed by atoms with Crippen molar-refractivity contribution in [3.63, 3.8) is 0 Å². The van der Waals surface area contributed by atoms with Crippen LogP contribution in [-0.2, 0) is 13.1 Å². The predicted octanol–water partition coefficient (Wildman–Crippen LogP) is 4.14. The number of fused-ring (bicyclic) bond motifs is 1. The van der Waals surface area contributed by atoms with Crippen LogP contribution in [0.2, 0.25) is 0 Å². The molecule has 0 amide bonds. The van der Waals surface area contributed by atoms with Crippen molar-refractivity contribution in [1.29, 1.82) is 0 Å². The number of nitrogens with one attached hydrogen (secondary N) is 1. The lowest BCUT2D eigenvalue weighted by Crippen LogP contribution is -2.12. The van der Waals surface area contributed by atoms with Crippen LogP contribution in [0.25, 0.3) is 11.0 Å². The van der Waals surface area contributed by atoms with Crippen molar-refractivity contribution in [2.45, 2.75) is 26.9 Å². The molecule has 2 aromatic heterocycles. The molecule has 0 radical (unpaired) electrons. The third-order valence-corrected chi connectivity index (χ3v) is 2.92. The highest BCUT2D eigenvalue weighted by atomic mass is 16.3. The molecule has 0 aliphatic rings. The van der Waals surface area contributed by atoms with Crippen LogP contribution in [0.15, 0.2) is 59.5 Å². The zero-order valence-electron chi connectivity index (χ0n) is 12.0. The van der Waals surface area contributed by atoms with E-state index in [2.05, 4.69) is 22.4 Å². The van der Waals surface area contributed by atoms with E-state index in [1.165, 1.54) is 11.1 Å². The summed E-state index contributed by atoms with van der Waals surface area (Å²) in [6.45, 7) is 5.70. The summed E-state index contributed by atoms with van der Waals surface area (Å²) in [6.07, 6.45) is 5.35. The average Bonchev–Trinajstić information content (AvgIpc) is 2.98. The second-order valence-corrected chi connectivity index (χ2v) is 4.25. The van der Waals surface area contributed by atoms with E-state index in [1.807, 2.05) is 50.5 Å². The number of benzene rings is 1. The average molecular weight is 268 g/mol. The van der Waals surface area contributed by atoms with Crippen LogP contribution < -0.4 is 5.32 Å². The van der Waals surface area contributed by atoms with Crippen LogP contribution in [-0.4, -0.2) is 4.98 Å². The first-order valence-corrected chi connectivity index (χ1v) is 6.97. The Labute approximate surface area is 119 Å². The number of nitrogens with zero attached hydrogens (tertiary/aromatic N) is 1. The van der Waals surface area contributed by atoms with Crippen LogP contribution in [0.3, 0.4) is 0 Å². The van der Waals surface area contributed by atoms with E-state index in [0.29, 0.717) is 0 Å². The number of hydrogen-bond donors (Lipinski definition) is 1. The third-order valence-electron chi connectivity index (χ3n) is 2.92. The van der Waals surface area contributed by atoms with Crippen LogP contribution in [0, 0.1) is 0 Å². The summed E-state index contributed by atoms with van der Waals surface area (Å²) >= 11 is 0. The molecular formula is C17H20N2O. The maximum atomic E-state index is 5.32. The lowest BCUT2D eigenvalue weighted by atomic mass is 10.1. The molecule has 3 aromatic rings. The van der Waals surface area contributed by atoms with Crippen LogP contribution >= 0.6 is 0 Å². The fourth-order valence-electron chi connectivity index (χ4n) is 1.98. The smallest absolute Gasteiger partial charge is 0.133 e. The normalized spacial score (nSPS) is 10.1. The molecule has 1 aromatic carbocycles. The minimum absolute atomic E-state index is 0.851. The molecule has 0 atom stereocenters. The summed E-state index contributed by atoms with van der Waals surface area (Å²) in [6, 6.07) is 12.3. The first-order valence-electron chi connectivity index (χ1n) is 6.97. The van der Waals surface area contributed by atoms with Crippen molar-refractivity contribution in [1.82, 2.24) is 10.3 Å². The fraction of sp³-hybridized carbons (Fsp3) is 0.235. The number of furan rings is 1. The van der Waals surface area contributed by atoms with Gasteiger partial charge in [0, 0.05) is 30.9 Å². The minimum atomic E-state index is 0.851. The van der Waals surface area contributed by atoms with E-state index in [1.54, 1.807) is 6.26 Å². The summed E-state index contributed by atoms with van der Waals surface area (Å²) in [5.74, 6) is 0. The molecule has 1 N–H and O–H groups in total. The highest BCUT2D eigenvalue weighted by Gasteiger charge is 1.99. The van der Waals surface area contributed by atoms with Crippen LogP contribution in [0.4, 0.5) is 0 Å². The molecule has 0 aliphatic carbocycles. The Kier molecular flexibility index (Phi) is 5.33. The summed E-state index contributed by atoms with van der Waals surface area (Å²) in [5, 5.41) is 4.57. The van der Waals surface area contributed by atoms with Crippen molar-refractivity contribution in [2.24, 2.45) is 0 Å². The molecular weight excluding hydrogens is 248 g/mol. The molecule has 0 saturated carbocycles. The van der Waals surface area contributed by atoms with Gasteiger partial charge in [-0.1, -0.05) is 19.9 Å². The van der Waals surface area contributed by atoms with Gasteiger partial charge < -0.3 is 9.73 Å². The first kappa shape index (κ1) is 14.3. The number of aromatic nitrogens is 1. The van der Waals surface area contributed by atoms with Gasteiger partial charge in [-0.15, -0.1) is 0 Å². The molecule has 0 fully saturated rings. The lowest BCUT2D eigenvalue weighted by Gasteiger charge is -2.05. The second kappa shape index (κ2) is 7.46. The Hall–Kier alpha value is -2.13. The van der Waals surface area contributed by atoms with Crippen molar-refractivity contribution in [2.75, 3.05) is 0 Å². The maximum absolute atomic E-state index is 5.32. The standard InChI is InChI=1S/C15H14N2O.C2H6/c1-2-15-14(5-8-18-15)9-13(1)11-17-10-12-3-6-16-7-4-12;1-2/h1-9,17H,10-11H2;1-2H3. The van der Waals surface area contributed by atoms with Gasteiger partial charge in [0.05, 0.1) is 6.26 Å². The molecule has 104 valence electrons. The van der Waals surface area contributed by atoms with Gasteiger partial charge in [0.25, 0.3) is 0 Å². The zero-order valence-corrected chi connectivity index (χ0v) is 12.0. The van der Waals surface area contributed by atoms with Gasteiger partial charge in [0.2, 0.25) is 0 Å². The van der Waals surface area contributed by atoms with Crippen LogP contribution in [0.5, 0.6) is 0 Å². The Morgan fingerprint density at radius 3 is 2.50 bits per heavy atom. The van der Waals surface area contributed by atoms with E-state index in [-0.39, 0.29) is 0 Å². The molecule has 0 saturated heterocycles. The molecule has 0 spiro atoms. The molecule has 0 unspecified atom stereocenters. The molecule has 3 heteroatoms. The first-order chi connectivity index (χ1) is 9.92. The topological polar surface area (TPSA) is 38.1 Å². The number of hydrogen-bond acceptors (Lipinski definition) is 3. The van der Waals surface area contributed by atoms with Crippen molar-refractivity contribution < 1.29 is 4.42 Å². The Morgan fingerprint density at radius 2 is 1.70 bits per heavy atom. The van der Waals surface area contributed by atoms with Crippen LogP contribution in [0.1, 0.15) is 25.0 Å². The maximum Gasteiger partial charge on any atom is 0.133 e. The quantitative estimate of drug-likeness (QED) is 0.772. The fourth-order valence-corrected chi connectivity index (χ4v) is 1.98. The predicted molar refractivity (Wildman–Crippen MR) is 82.3 cm³/mol. The van der Waals surface area contributed by atoms with E-state index < -0.39 is 0 Å². The number of pyridine rings is 1. The minimum Gasteiger partial charge on any atom is -0.464 e. The Bertz CT molecular complexity index is 632. The molecule has 3 rings (SSSR count). The van der Waals surface area contributed by atoms with E-state index in [0.717, 1.165) is 24.1 Å². The zero-order chi connectivity index (χ0) is 14.2. The van der Waals surface area contributed by atoms with E-state index in [4.69, 9.17) is 4.42 Å². The van der Waals surface area contributed by atoms with Gasteiger partial charge >= 0.3 is 0 Å². The summed E-state index contributed by atoms with van der Waals surface area (Å²) in [5.41, 5.74) is 3.44. The lowest BCUT2D eigenvalue weighted by molar-refractivity contribution is 0.615. The van der Waals surface area contributed by atoms with Gasteiger partial charge in [0.15, 0.2) is 0 Å². The summed E-state index contributed by atoms with van der Waals surface area (Å²) in [4.78, 5) is 4.00. The van der Waals surface area contributed by atoms with Gasteiger partial charge in [-0.05, 0) is 41.5 Å². The molecule has 0 aliphatic heterocycles. The van der Waals surface area contributed by atoms with Gasteiger partial charge in [-0.3, -0.25) is 4.98 Å². The van der Waals surface area contributed by atoms with Crippen molar-refractivity contribution in [3.8, 4) is 0 Å². The Morgan fingerprint density at radius 1 is 0.950 bits per heavy atom. The third kappa shape index (κ3) is 3.68. The van der Waals surface area contributed by atoms with Crippen molar-refractivity contribution >= 4 is 11.0 Å². The van der Waals surface area contributed by atoms with Gasteiger partial charge in [0.1, 0.15) is 5.58 Å². The second-order valence-electron chi connectivity index (χ2n) is 4.25. The molecule has 0 bridgehead atoms. The SMILES string of the molecule is CC.c1cc(CNCc2ccc3occc3c2)ccn1. The van der Waals surface area contributed by atoms with Gasteiger partial charge in [-0.25, -0.2) is 0 Å². The largest absolute Gasteiger partial charge is 0.464 e. The van der Waals surface area contributed by atoms with E-state index >= 15 is 0 Å². The summed E-state index contributed by atoms with van der Waals surface area (Å²) in [7, 11) is 0. The van der Waals surface area contributed by atoms with E-state index in [9.17, 15) is 0 Å². The Balaban J connectivity index is 0.000000704. The highest BCUT2D eigenvalue weighted by molar-refractivity contribution is 5.77. The summed E-state index contributed by atoms with van der Waals surface area (Å²) < 4.78 is 5.32. The molecule has 3 nitrogen and oxygen atoms in total. The number of rotatable bonds is 4. The van der Waals surface area contributed by atoms with Crippen molar-refractivity contribution in [3.05, 3.63) is 66.2 Å². The molecule has 20 heavy (non-hydrogen) atoms. The monoisotopic (exact) mass is 268 g/mol. The molecule has 2 heterocycles. The highest BCUT2D eigenvalue weighted by Crippen LogP contribution is 2.16.